The first-order valence-corrected chi connectivity index (χ1v) is 9.88. The van der Waals surface area contributed by atoms with E-state index in [1.54, 1.807) is 37.3 Å². The number of ether oxygens (including phenoxy) is 3. The summed E-state index contributed by atoms with van der Waals surface area (Å²) in [5.74, 6) is 0.514. The van der Waals surface area contributed by atoms with Crippen LogP contribution in [0.4, 0.5) is 0 Å². The van der Waals surface area contributed by atoms with Gasteiger partial charge in [-0.15, -0.1) is 11.3 Å². The highest BCUT2D eigenvalue weighted by atomic mass is 35.5. The zero-order chi connectivity index (χ0) is 21.0. The highest BCUT2D eigenvalue weighted by molar-refractivity contribution is 7.19. The number of halogens is 1. The molecule has 0 fully saturated rings. The highest BCUT2D eigenvalue weighted by Crippen LogP contribution is 2.38. The van der Waals surface area contributed by atoms with Gasteiger partial charge >= 0.3 is 11.9 Å². The van der Waals surface area contributed by atoms with E-state index in [0.29, 0.717) is 27.1 Å². The first-order valence-electron chi connectivity index (χ1n) is 8.69. The maximum Gasteiger partial charge on any atom is 0.312 e. The van der Waals surface area contributed by atoms with E-state index in [2.05, 4.69) is 4.98 Å². The van der Waals surface area contributed by atoms with Gasteiger partial charge in [-0.1, -0.05) is 11.6 Å². The predicted octanol–water partition coefficient (Wildman–Crippen LogP) is 4.76. The van der Waals surface area contributed by atoms with E-state index < -0.39 is 11.9 Å². The van der Waals surface area contributed by atoms with E-state index in [4.69, 9.17) is 30.2 Å². The van der Waals surface area contributed by atoms with Crippen molar-refractivity contribution in [2.24, 2.45) is 0 Å². The third kappa shape index (κ3) is 4.96. The molecule has 7 nitrogen and oxygen atoms in total. The molecule has 0 aliphatic rings. The van der Waals surface area contributed by atoms with Crippen molar-refractivity contribution in [2.45, 2.75) is 20.3 Å². The molecule has 152 valence electrons. The molecular formula is C20H18ClNO6S. The number of carbonyl (C=O) groups excluding carboxylic acids is 2. The normalized spacial score (nSPS) is 10.6. The standard InChI is InChI=1S/C20H18ClNO6S/c1-4-26-18(24)10-13-19(16-7-8-17(21)29-16)28-20(22-13)12-5-6-14(27-11(2)23)15(9-12)25-3/h5-9H,4,10H2,1-3H3. The summed E-state index contributed by atoms with van der Waals surface area (Å²) in [4.78, 5) is 28.5. The van der Waals surface area contributed by atoms with Crippen molar-refractivity contribution in [2.75, 3.05) is 13.7 Å². The average molecular weight is 436 g/mol. The van der Waals surface area contributed by atoms with Crippen LogP contribution < -0.4 is 9.47 Å². The zero-order valence-electron chi connectivity index (χ0n) is 16.0. The topological polar surface area (TPSA) is 87.9 Å². The first-order chi connectivity index (χ1) is 13.9. The second-order valence-corrected chi connectivity index (χ2v) is 7.55. The third-order valence-electron chi connectivity index (χ3n) is 3.78. The Hall–Kier alpha value is -2.84. The van der Waals surface area contributed by atoms with Gasteiger partial charge in [0.25, 0.3) is 0 Å². The Morgan fingerprint density at radius 2 is 2.00 bits per heavy atom. The smallest absolute Gasteiger partial charge is 0.312 e. The monoisotopic (exact) mass is 435 g/mol. The van der Waals surface area contributed by atoms with Crippen LogP contribution >= 0.6 is 22.9 Å². The molecule has 0 atom stereocenters. The summed E-state index contributed by atoms with van der Waals surface area (Å²) in [6.45, 7) is 3.32. The molecule has 29 heavy (non-hydrogen) atoms. The Kier molecular flexibility index (Phi) is 6.56. The van der Waals surface area contributed by atoms with Crippen molar-refractivity contribution in [3.8, 4) is 33.6 Å². The fraction of sp³-hybridized carbons (Fsp3) is 0.250. The van der Waals surface area contributed by atoms with Gasteiger partial charge in [0.2, 0.25) is 5.89 Å². The molecule has 3 aromatic rings. The molecule has 0 saturated carbocycles. The van der Waals surface area contributed by atoms with Crippen molar-refractivity contribution in [3.05, 3.63) is 40.4 Å². The Balaban J connectivity index is 2.02. The van der Waals surface area contributed by atoms with Crippen molar-refractivity contribution in [1.82, 2.24) is 4.98 Å². The molecule has 0 spiro atoms. The van der Waals surface area contributed by atoms with Gasteiger partial charge in [0.15, 0.2) is 17.3 Å². The fourth-order valence-corrected chi connectivity index (χ4v) is 3.66. The summed E-state index contributed by atoms with van der Waals surface area (Å²) in [7, 11) is 1.47. The minimum Gasteiger partial charge on any atom is -0.493 e. The number of rotatable bonds is 7. The van der Waals surface area contributed by atoms with Crippen LogP contribution in [-0.4, -0.2) is 30.6 Å². The second-order valence-electron chi connectivity index (χ2n) is 5.84. The summed E-state index contributed by atoms with van der Waals surface area (Å²) in [5, 5.41) is 0. The molecule has 0 aliphatic heterocycles. The van der Waals surface area contributed by atoms with E-state index in [1.165, 1.54) is 25.4 Å². The van der Waals surface area contributed by atoms with Crippen LogP contribution in [0.2, 0.25) is 4.34 Å². The molecule has 0 unspecified atom stereocenters. The number of methoxy groups -OCH3 is 1. The van der Waals surface area contributed by atoms with Crippen LogP contribution in [-0.2, 0) is 20.7 Å². The van der Waals surface area contributed by atoms with E-state index in [9.17, 15) is 9.59 Å². The van der Waals surface area contributed by atoms with Crippen LogP contribution in [0.25, 0.3) is 22.1 Å². The number of hydrogen-bond acceptors (Lipinski definition) is 8. The molecule has 0 bridgehead atoms. The largest absolute Gasteiger partial charge is 0.493 e. The number of aromatic nitrogens is 1. The minimum absolute atomic E-state index is 0.0368. The summed E-state index contributed by atoms with van der Waals surface area (Å²) in [6, 6.07) is 8.47. The second kappa shape index (κ2) is 9.11. The maximum absolute atomic E-state index is 12.0. The summed E-state index contributed by atoms with van der Waals surface area (Å²) in [5.41, 5.74) is 1.04. The van der Waals surface area contributed by atoms with Crippen molar-refractivity contribution < 1.29 is 28.2 Å². The van der Waals surface area contributed by atoms with Gasteiger partial charge in [0, 0.05) is 12.5 Å². The number of esters is 2. The molecular weight excluding hydrogens is 418 g/mol. The molecule has 2 aromatic heterocycles. The fourth-order valence-electron chi connectivity index (χ4n) is 2.61. The Labute approximate surface area is 176 Å². The summed E-state index contributed by atoms with van der Waals surface area (Å²) in [6.07, 6.45) is -0.0368. The van der Waals surface area contributed by atoms with E-state index in [0.717, 1.165) is 4.88 Å². The van der Waals surface area contributed by atoms with E-state index >= 15 is 0 Å². The summed E-state index contributed by atoms with van der Waals surface area (Å²) >= 11 is 7.37. The van der Waals surface area contributed by atoms with Gasteiger partial charge < -0.3 is 18.6 Å². The SMILES string of the molecule is CCOC(=O)Cc1nc(-c2ccc(OC(C)=O)c(OC)c2)oc1-c1ccc(Cl)s1. The number of oxazole rings is 1. The van der Waals surface area contributed by atoms with Crippen molar-refractivity contribution in [1.29, 1.82) is 0 Å². The number of hydrogen-bond donors (Lipinski definition) is 0. The third-order valence-corrected chi connectivity index (χ3v) is 5.01. The van der Waals surface area contributed by atoms with Crippen LogP contribution in [0.3, 0.4) is 0 Å². The van der Waals surface area contributed by atoms with Gasteiger partial charge in [-0.25, -0.2) is 4.98 Å². The molecule has 0 amide bonds. The highest BCUT2D eigenvalue weighted by Gasteiger charge is 2.22. The lowest BCUT2D eigenvalue weighted by molar-refractivity contribution is -0.142. The molecule has 9 heteroatoms. The minimum atomic E-state index is -0.458. The Bertz CT molecular complexity index is 1040. The number of thiophene rings is 1. The lowest BCUT2D eigenvalue weighted by atomic mass is 10.2. The van der Waals surface area contributed by atoms with Crippen molar-refractivity contribution in [3.63, 3.8) is 0 Å². The van der Waals surface area contributed by atoms with Crippen LogP contribution in [0, 0.1) is 0 Å². The van der Waals surface area contributed by atoms with Crippen LogP contribution in [0.1, 0.15) is 19.5 Å². The van der Waals surface area contributed by atoms with Crippen molar-refractivity contribution >= 4 is 34.9 Å². The van der Waals surface area contributed by atoms with E-state index in [-0.39, 0.29) is 24.7 Å². The number of nitrogens with zero attached hydrogens (tertiary/aromatic N) is 1. The van der Waals surface area contributed by atoms with Gasteiger partial charge in [-0.05, 0) is 37.3 Å². The zero-order valence-corrected chi connectivity index (χ0v) is 17.6. The van der Waals surface area contributed by atoms with Gasteiger partial charge in [-0.2, -0.15) is 0 Å². The first kappa shape index (κ1) is 20.9. The molecule has 0 radical (unpaired) electrons. The Morgan fingerprint density at radius 3 is 2.62 bits per heavy atom. The van der Waals surface area contributed by atoms with Gasteiger partial charge in [-0.3, -0.25) is 9.59 Å². The van der Waals surface area contributed by atoms with Gasteiger partial charge in [0.1, 0.15) is 0 Å². The van der Waals surface area contributed by atoms with Crippen LogP contribution in [0.5, 0.6) is 11.5 Å². The molecule has 2 heterocycles. The average Bonchev–Trinajstić information content (AvgIpc) is 3.28. The number of carbonyl (C=O) groups is 2. The van der Waals surface area contributed by atoms with Gasteiger partial charge in [0.05, 0.1) is 35.0 Å². The number of benzene rings is 1. The lowest BCUT2D eigenvalue weighted by Gasteiger charge is -2.08. The summed E-state index contributed by atoms with van der Waals surface area (Å²) < 4.78 is 22.0. The molecule has 0 saturated heterocycles. The molecule has 3 rings (SSSR count). The molecule has 0 N–H and O–H groups in total. The Morgan fingerprint density at radius 1 is 1.21 bits per heavy atom. The molecule has 1 aromatic carbocycles. The lowest BCUT2D eigenvalue weighted by Crippen LogP contribution is -2.08. The predicted molar refractivity (Wildman–Crippen MR) is 108 cm³/mol. The molecule has 0 aliphatic carbocycles. The van der Waals surface area contributed by atoms with E-state index in [1.807, 2.05) is 0 Å². The maximum atomic E-state index is 12.0. The van der Waals surface area contributed by atoms with Crippen LogP contribution in [0.15, 0.2) is 34.7 Å². The quantitative estimate of drug-likeness (QED) is 0.390.